The molecule has 10 aromatic rings. The zero-order chi connectivity index (χ0) is 68.4. The Hall–Kier alpha value is -8.95. The van der Waals surface area contributed by atoms with E-state index < -0.39 is 37.9 Å². The number of hydrogen-bond donors (Lipinski definition) is 0. The van der Waals surface area contributed by atoms with Crippen LogP contribution in [-0.4, -0.2) is 131 Å². The number of ether oxygens (including phenoxy) is 8. The Labute approximate surface area is 577 Å². The van der Waals surface area contributed by atoms with Crippen LogP contribution in [0.3, 0.4) is 0 Å². The predicted molar refractivity (Wildman–Crippen MR) is 382 cm³/mol. The fourth-order valence-electron chi connectivity index (χ4n) is 11.7. The third kappa shape index (κ3) is 15.7. The Bertz CT molecular complexity index is 4280. The minimum Gasteiger partial charge on any atom is -0.543 e. The lowest BCUT2D eigenvalue weighted by atomic mass is 9.80. The standard InChI is InChI=1S/C77H82ClFN6O10SSi/c1-12-90-75(86)67(45-52-44-60(95-97(10,11)76(3,4)5)34-36-64(52)91-47-57-38-39-80-72(83-57)63-20-16-17-21-65(63)89-9)94-73-69-68(71(96-74(69)82-49-81-73)51-22-28-56(79)29-23-51)62-35-37-66(70(78)50(62)2)93-61(46-85-42-40-84(6)41-43-85)48-92-77(53-18-14-13-15-19-53,54-24-30-58(87-7)31-25-54)55-26-32-59(88-8)33-27-55/h13-39,44,49,61,67H,12,40-43,45-48H2,1-11H3/t61-,67-/m1/s1. The fourth-order valence-corrected chi connectivity index (χ4v) is 14.1. The van der Waals surface area contributed by atoms with Crippen molar-refractivity contribution < 1.29 is 51.5 Å². The number of carbonyl (C=O) groups excluding carboxylic acids is 1. The summed E-state index contributed by atoms with van der Waals surface area (Å²) in [5.41, 5.74) is 6.26. The molecule has 7 aromatic carbocycles. The molecule has 0 radical (unpaired) electrons. The maximum atomic E-state index is 14.9. The van der Waals surface area contributed by atoms with Crippen LogP contribution in [0.15, 0.2) is 176 Å². The van der Waals surface area contributed by atoms with Crippen molar-refractivity contribution in [1.29, 1.82) is 0 Å². The molecule has 504 valence electrons. The second-order valence-electron chi connectivity index (χ2n) is 25.4. The van der Waals surface area contributed by atoms with Gasteiger partial charge < -0.3 is 47.2 Å². The number of benzene rings is 7. The maximum absolute atomic E-state index is 14.9. The van der Waals surface area contributed by atoms with E-state index >= 15 is 0 Å². The Morgan fingerprint density at radius 2 is 1.36 bits per heavy atom. The van der Waals surface area contributed by atoms with Crippen LogP contribution in [0.4, 0.5) is 4.39 Å². The van der Waals surface area contributed by atoms with Crippen LogP contribution < -0.4 is 32.8 Å². The second-order valence-corrected chi connectivity index (χ2v) is 31.5. The van der Waals surface area contributed by atoms with Crippen LogP contribution >= 0.6 is 22.9 Å². The van der Waals surface area contributed by atoms with E-state index in [1.165, 1.54) is 29.8 Å². The molecule has 1 fully saturated rings. The third-order valence-corrected chi connectivity index (χ3v) is 24.0. The van der Waals surface area contributed by atoms with E-state index in [4.69, 9.17) is 68.9 Å². The summed E-state index contributed by atoms with van der Waals surface area (Å²) < 4.78 is 72.9. The number of piperazine rings is 1. The number of esters is 1. The first-order chi connectivity index (χ1) is 46.8. The van der Waals surface area contributed by atoms with Crippen molar-refractivity contribution in [2.45, 2.75) is 83.6 Å². The van der Waals surface area contributed by atoms with Gasteiger partial charge in [-0.05, 0) is 151 Å². The van der Waals surface area contributed by atoms with Gasteiger partial charge in [-0.2, -0.15) is 0 Å². The molecule has 20 heteroatoms. The zero-order valence-corrected chi connectivity index (χ0v) is 59.3. The zero-order valence-electron chi connectivity index (χ0n) is 56.7. The molecule has 0 spiro atoms. The number of aromatic nitrogens is 4. The van der Waals surface area contributed by atoms with Crippen molar-refractivity contribution in [2.75, 3.05) is 74.3 Å². The molecule has 16 nitrogen and oxygen atoms in total. The highest BCUT2D eigenvalue weighted by atomic mass is 35.5. The molecule has 3 aromatic heterocycles. The molecule has 0 amide bonds. The summed E-state index contributed by atoms with van der Waals surface area (Å²) in [5.74, 6) is 3.15. The third-order valence-electron chi connectivity index (χ3n) is 18.0. The van der Waals surface area contributed by atoms with E-state index in [-0.39, 0.29) is 37.2 Å². The molecule has 1 aliphatic rings. The lowest BCUT2D eigenvalue weighted by Crippen LogP contribution is -2.49. The van der Waals surface area contributed by atoms with Gasteiger partial charge in [-0.1, -0.05) is 117 Å². The average molecular weight is 1370 g/mol. The minimum absolute atomic E-state index is 0.0303. The van der Waals surface area contributed by atoms with Crippen molar-refractivity contribution in [2.24, 2.45) is 0 Å². The molecule has 0 unspecified atom stereocenters. The van der Waals surface area contributed by atoms with Gasteiger partial charge in [-0.25, -0.2) is 29.1 Å². The van der Waals surface area contributed by atoms with Crippen LogP contribution in [0.5, 0.6) is 40.4 Å². The smallest absolute Gasteiger partial charge is 0.347 e. The van der Waals surface area contributed by atoms with Crippen LogP contribution in [0.2, 0.25) is 23.2 Å². The second kappa shape index (κ2) is 30.6. The number of methoxy groups -OCH3 is 3. The number of para-hydroxylation sites is 1. The van der Waals surface area contributed by atoms with Crippen LogP contribution in [0.25, 0.3) is 43.2 Å². The summed E-state index contributed by atoms with van der Waals surface area (Å²) >= 11 is 9.09. The SMILES string of the molecule is CCOC(=O)[C@@H](Cc1cc(O[Si](C)(C)C(C)(C)C)ccc1OCc1ccnc(-c2ccccc2OC)n1)Oc1ncnc2sc(-c3ccc(F)cc3)c(-c3ccc(O[C@@H](COC(c4ccccc4)(c4ccc(OC)cc4)c4ccc(OC)cc4)CN4CCN(C)CC4)c(Cl)c3C)c12. The van der Waals surface area contributed by atoms with E-state index in [0.717, 1.165) is 53.3 Å². The lowest BCUT2D eigenvalue weighted by molar-refractivity contribution is -0.151. The largest absolute Gasteiger partial charge is 0.543 e. The number of fused-ring (bicyclic) bond motifs is 1. The van der Waals surface area contributed by atoms with Crippen LogP contribution in [0, 0.1) is 12.7 Å². The summed E-state index contributed by atoms with van der Waals surface area (Å²) in [6.45, 7) is 18.8. The molecule has 0 bridgehead atoms. The van der Waals surface area contributed by atoms with E-state index in [9.17, 15) is 9.18 Å². The normalized spacial score (nSPS) is 13.8. The van der Waals surface area contributed by atoms with Gasteiger partial charge >= 0.3 is 5.97 Å². The van der Waals surface area contributed by atoms with Gasteiger partial charge in [0.1, 0.15) is 69.8 Å². The Morgan fingerprint density at radius 3 is 2.02 bits per heavy atom. The predicted octanol–water partition coefficient (Wildman–Crippen LogP) is 16.1. The summed E-state index contributed by atoms with van der Waals surface area (Å²) in [6, 6.07) is 51.3. The van der Waals surface area contributed by atoms with Crippen molar-refractivity contribution in [3.63, 3.8) is 0 Å². The summed E-state index contributed by atoms with van der Waals surface area (Å²) in [7, 11) is 4.67. The number of nitrogens with zero attached hydrogens (tertiary/aromatic N) is 6. The first-order valence-electron chi connectivity index (χ1n) is 32.4. The Morgan fingerprint density at radius 1 is 0.711 bits per heavy atom. The van der Waals surface area contributed by atoms with E-state index in [2.05, 4.69) is 67.8 Å². The number of halogens is 2. The highest BCUT2D eigenvalue weighted by Crippen LogP contribution is 2.51. The van der Waals surface area contributed by atoms with Gasteiger partial charge in [0, 0.05) is 61.3 Å². The molecule has 1 aliphatic heterocycles. The topological polar surface area (TPSA) is 158 Å². The summed E-state index contributed by atoms with van der Waals surface area (Å²) in [6.07, 6.45) is 1.23. The number of hydrogen-bond acceptors (Lipinski definition) is 17. The molecule has 11 rings (SSSR count). The highest BCUT2D eigenvalue weighted by Gasteiger charge is 2.41. The van der Waals surface area contributed by atoms with Gasteiger partial charge in [-0.3, -0.25) is 4.90 Å². The van der Waals surface area contributed by atoms with Crippen LogP contribution in [0.1, 0.15) is 61.2 Å². The number of rotatable bonds is 27. The van der Waals surface area contributed by atoms with Gasteiger partial charge in [0.05, 0.1) is 56.2 Å². The number of likely N-dealkylation sites (N-methyl/N-ethyl adjacent to an activating group) is 1. The molecule has 4 heterocycles. The van der Waals surface area contributed by atoms with E-state index in [0.29, 0.717) is 95.6 Å². The van der Waals surface area contributed by atoms with Crippen molar-refractivity contribution in [1.82, 2.24) is 29.7 Å². The number of carbonyl (C=O) groups is 1. The Balaban J connectivity index is 0.976. The molecular formula is C77H82ClFN6O10SSi. The average Bonchev–Trinajstić information content (AvgIpc) is 1.74. The van der Waals surface area contributed by atoms with Gasteiger partial charge in [0.25, 0.3) is 0 Å². The molecule has 0 aliphatic carbocycles. The summed E-state index contributed by atoms with van der Waals surface area (Å²) in [5, 5.41) is 0.741. The van der Waals surface area contributed by atoms with Crippen molar-refractivity contribution >= 4 is 47.4 Å². The molecule has 1 saturated heterocycles. The lowest BCUT2D eigenvalue weighted by Gasteiger charge is -2.39. The molecule has 97 heavy (non-hydrogen) atoms. The van der Waals surface area contributed by atoms with Gasteiger partial charge in [-0.15, -0.1) is 11.3 Å². The molecular weight excluding hydrogens is 1280 g/mol. The highest BCUT2D eigenvalue weighted by molar-refractivity contribution is 7.22. The Kier molecular flexibility index (Phi) is 21.9. The maximum Gasteiger partial charge on any atom is 0.347 e. The van der Waals surface area contributed by atoms with Crippen molar-refractivity contribution in [3.05, 3.63) is 221 Å². The molecule has 0 saturated carbocycles. The van der Waals surface area contributed by atoms with Gasteiger partial charge in [0.2, 0.25) is 20.3 Å². The van der Waals surface area contributed by atoms with Crippen LogP contribution in [-0.2, 0) is 32.9 Å². The molecule has 2 atom stereocenters. The quantitative estimate of drug-likeness (QED) is 0.0272. The van der Waals surface area contributed by atoms with Gasteiger partial charge in [0.15, 0.2) is 5.82 Å². The fraction of sp³-hybridized carbons (Fsp3) is 0.312. The van der Waals surface area contributed by atoms with E-state index in [1.807, 2.05) is 128 Å². The number of thiophene rings is 1. The summed E-state index contributed by atoms with van der Waals surface area (Å²) in [4.78, 5) is 39.7. The van der Waals surface area contributed by atoms with E-state index in [1.54, 1.807) is 52.6 Å². The first kappa shape index (κ1) is 69.4. The molecule has 0 N–H and O–H groups in total. The minimum atomic E-state index is -2.38. The monoisotopic (exact) mass is 1360 g/mol. The van der Waals surface area contributed by atoms with Crippen molar-refractivity contribution in [3.8, 4) is 73.3 Å². The first-order valence-corrected chi connectivity index (χ1v) is 36.5.